The van der Waals surface area contributed by atoms with E-state index >= 15 is 0 Å². The predicted molar refractivity (Wildman–Crippen MR) is 72.3 cm³/mol. The second-order valence-electron chi connectivity index (χ2n) is 4.30. The van der Waals surface area contributed by atoms with Crippen molar-refractivity contribution in [3.05, 3.63) is 28.8 Å². The maximum atomic E-state index is 12.0. The van der Waals surface area contributed by atoms with E-state index in [1.165, 1.54) is 0 Å². The second-order valence-corrected chi connectivity index (χ2v) is 4.71. The van der Waals surface area contributed by atoms with Crippen LogP contribution in [0.3, 0.4) is 0 Å². The SMILES string of the molecule is CCC(N)(CC)C(=O)Nc1ccc(C)cc1Cl. The van der Waals surface area contributed by atoms with Crippen molar-refractivity contribution in [2.24, 2.45) is 5.73 Å². The number of rotatable bonds is 4. The van der Waals surface area contributed by atoms with Gasteiger partial charge in [-0.25, -0.2) is 0 Å². The fraction of sp³-hybridized carbons (Fsp3) is 0.462. The van der Waals surface area contributed by atoms with Gasteiger partial charge in [0.1, 0.15) is 0 Å². The Hall–Kier alpha value is -1.06. The number of anilines is 1. The fourth-order valence-corrected chi connectivity index (χ4v) is 1.82. The van der Waals surface area contributed by atoms with E-state index < -0.39 is 5.54 Å². The van der Waals surface area contributed by atoms with E-state index in [1.54, 1.807) is 6.07 Å². The summed E-state index contributed by atoms with van der Waals surface area (Å²) in [6.45, 7) is 5.75. The molecule has 94 valence electrons. The van der Waals surface area contributed by atoms with Crippen LogP contribution in [-0.2, 0) is 4.79 Å². The molecule has 0 aliphatic carbocycles. The van der Waals surface area contributed by atoms with Crippen LogP contribution in [0.25, 0.3) is 0 Å². The Balaban J connectivity index is 2.88. The summed E-state index contributed by atoms with van der Waals surface area (Å²) in [5, 5.41) is 3.32. The van der Waals surface area contributed by atoms with E-state index in [0.29, 0.717) is 23.6 Å². The molecular weight excluding hydrogens is 236 g/mol. The first kappa shape index (κ1) is 14.0. The lowest BCUT2D eigenvalue weighted by Gasteiger charge is -2.25. The molecule has 4 heteroatoms. The highest BCUT2D eigenvalue weighted by atomic mass is 35.5. The Kier molecular flexibility index (Phi) is 4.54. The quantitative estimate of drug-likeness (QED) is 0.868. The molecule has 0 bridgehead atoms. The Morgan fingerprint density at radius 2 is 2.00 bits per heavy atom. The summed E-state index contributed by atoms with van der Waals surface area (Å²) in [6.07, 6.45) is 1.19. The Morgan fingerprint density at radius 1 is 1.41 bits per heavy atom. The molecule has 0 radical (unpaired) electrons. The van der Waals surface area contributed by atoms with E-state index in [4.69, 9.17) is 17.3 Å². The lowest BCUT2D eigenvalue weighted by molar-refractivity contribution is -0.121. The van der Waals surface area contributed by atoms with Gasteiger partial charge >= 0.3 is 0 Å². The molecule has 1 aromatic rings. The highest BCUT2D eigenvalue weighted by molar-refractivity contribution is 6.33. The summed E-state index contributed by atoms with van der Waals surface area (Å²) >= 11 is 6.05. The van der Waals surface area contributed by atoms with Crippen LogP contribution < -0.4 is 11.1 Å². The predicted octanol–water partition coefficient (Wildman–Crippen LogP) is 3.10. The summed E-state index contributed by atoms with van der Waals surface area (Å²) < 4.78 is 0. The zero-order valence-corrected chi connectivity index (χ0v) is 11.3. The second kappa shape index (κ2) is 5.52. The van der Waals surface area contributed by atoms with E-state index in [-0.39, 0.29) is 5.91 Å². The van der Waals surface area contributed by atoms with Crippen molar-refractivity contribution in [2.45, 2.75) is 39.2 Å². The molecular formula is C13H19ClN2O. The van der Waals surface area contributed by atoms with E-state index in [2.05, 4.69) is 5.32 Å². The van der Waals surface area contributed by atoms with Gasteiger partial charge in [-0.3, -0.25) is 4.79 Å². The molecule has 0 saturated carbocycles. The first-order valence-corrected chi connectivity index (χ1v) is 6.17. The van der Waals surface area contributed by atoms with E-state index in [1.807, 2.05) is 32.9 Å². The van der Waals surface area contributed by atoms with Gasteiger partial charge in [-0.15, -0.1) is 0 Å². The highest BCUT2D eigenvalue weighted by Gasteiger charge is 2.30. The van der Waals surface area contributed by atoms with Crippen molar-refractivity contribution >= 4 is 23.2 Å². The minimum absolute atomic E-state index is 0.187. The number of carbonyl (C=O) groups excluding carboxylic acids is 1. The number of nitrogens with two attached hydrogens (primary N) is 1. The van der Waals surface area contributed by atoms with Crippen molar-refractivity contribution in [1.82, 2.24) is 0 Å². The summed E-state index contributed by atoms with van der Waals surface area (Å²) in [5.74, 6) is -0.187. The van der Waals surface area contributed by atoms with Gasteiger partial charge in [0, 0.05) is 0 Å². The van der Waals surface area contributed by atoms with Gasteiger partial charge in [0.15, 0.2) is 0 Å². The van der Waals surface area contributed by atoms with Crippen LogP contribution in [0.1, 0.15) is 32.3 Å². The van der Waals surface area contributed by atoms with Crippen LogP contribution in [0.15, 0.2) is 18.2 Å². The minimum atomic E-state index is -0.825. The van der Waals surface area contributed by atoms with Gasteiger partial charge in [-0.2, -0.15) is 0 Å². The number of hydrogen-bond acceptors (Lipinski definition) is 2. The van der Waals surface area contributed by atoms with Gasteiger partial charge < -0.3 is 11.1 Å². The van der Waals surface area contributed by atoms with Crippen LogP contribution in [0, 0.1) is 6.92 Å². The van der Waals surface area contributed by atoms with Crippen LogP contribution in [0.2, 0.25) is 5.02 Å². The first-order valence-electron chi connectivity index (χ1n) is 5.79. The van der Waals surface area contributed by atoms with Crippen LogP contribution in [0.5, 0.6) is 0 Å². The summed E-state index contributed by atoms with van der Waals surface area (Å²) in [5.41, 5.74) is 6.85. The van der Waals surface area contributed by atoms with Crippen LogP contribution in [-0.4, -0.2) is 11.4 Å². The van der Waals surface area contributed by atoms with Gasteiger partial charge in [0.25, 0.3) is 0 Å². The average Bonchev–Trinajstić information content (AvgIpc) is 2.31. The number of hydrogen-bond donors (Lipinski definition) is 2. The van der Waals surface area contributed by atoms with Crippen molar-refractivity contribution < 1.29 is 4.79 Å². The Morgan fingerprint density at radius 3 is 2.47 bits per heavy atom. The number of halogens is 1. The number of benzene rings is 1. The molecule has 0 fully saturated rings. The molecule has 1 amide bonds. The summed E-state index contributed by atoms with van der Waals surface area (Å²) in [6, 6.07) is 5.51. The van der Waals surface area contributed by atoms with Gasteiger partial charge in [0.2, 0.25) is 5.91 Å². The molecule has 0 heterocycles. The number of nitrogens with one attached hydrogen (secondary N) is 1. The molecule has 1 aromatic carbocycles. The lowest BCUT2D eigenvalue weighted by atomic mass is 9.93. The zero-order chi connectivity index (χ0) is 13.1. The molecule has 3 nitrogen and oxygen atoms in total. The van der Waals surface area contributed by atoms with Crippen molar-refractivity contribution in [1.29, 1.82) is 0 Å². The maximum absolute atomic E-state index is 12.0. The van der Waals surface area contributed by atoms with Gasteiger partial charge in [-0.05, 0) is 37.5 Å². The smallest absolute Gasteiger partial charge is 0.244 e. The maximum Gasteiger partial charge on any atom is 0.244 e. The topological polar surface area (TPSA) is 55.1 Å². The van der Waals surface area contributed by atoms with Crippen molar-refractivity contribution in [2.75, 3.05) is 5.32 Å². The third-order valence-corrected chi connectivity index (χ3v) is 3.40. The highest BCUT2D eigenvalue weighted by Crippen LogP contribution is 2.24. The molecule has 1 rings (SSSR count). The Bertz CT molecular complexity index is 414. The standard InChI is InChI=1S/C13H19ClN2O/c1-4-13(15,5-2)12(17)16-11-7-6-9(3)8-10(11)14/h6-8H,4-5,15H2,1-3H3,(H,16,17). The fourth-order valence-electron chi connectivity index (χ4n) is 1.54. The molecule has 0 unspecified atom stereocenters. The molecule has 17 heavy (non-hydrogen) atoms. The van der Waals surface area contributed by atoms with Gasteiger partial charge in [-0.1, -0.05) is 31.5 Å². The third-order valence-electron chi connectivity index (χ3n) is 3.09. The molecule has 0 spiro atoms. The van der Waals surface area contributed by atoms with Crippen molar-refractivity contribution in [3.8, 4) is 0 Å². The van der Waals surface area contributed by atoms with Crippen LogP contribution >= 0.6 is 11.6 Å². The first-order chi connectivity index (χ1) is 7.92. The largest absolute Gasteiger partial charge is 0.323 e. The summed E-state index contributed by atoms with van der Waals surface area (Å²) in [4.78, 5) is 12.0. The third kappa shape index (κ3) is 3.20. The molecule has 0 saturated heterocycles. The van der Waals surface area contributed by atoms with Gasteiger partial charge in [0.05, 0.1) is 16.2 Å². The van der Waals surface area contributed by atoms with E-state index in [0.717, 1.165) is 5.56 Å². The molecule has 3 N–H and O–H groups in total. The number of carbonyl (C=O) groups is 1. The minimum Gasteiger partial charge on any atom is -0.323 e. The summed E-state index contributed by atoms with van der Waals surface area (Å²) in [7, 11) is 0. The average molecular weight is 255 g/mol. The zero-order valence-electron chi connectivity index (χ0n) is 10.5. The molecule has 0 atom stereocenters. The monoisotopic (exact) mass is 254 g/mol. The number of amides is 1. The molecule has 0 aliphatic rings. The Labute approximate surface area is 107 Å². The van der Waals surface area contributed by atoms with Crippen LogP contribution in [0.4, 0.5) is 5.69 Å². The number of aryl methyl sites for hydroxylation is 1. The van der Waals surface area contributed by atoms with E-state index in [9.17, 15) is 4.79 Å². The lowest BCUT2D eigenvalue weighted by Crippen LogP contribution is -2.50. The molecule has 0 aliphatic heterocycles. The normalized spacial score (nSPS) is 11.4. The van der Waals surface area contributed by atoms with Crippen molar-refractivity contribution in [3.63, 3.8) is 0 Å². The molecule has 0 aromatic heterocycles.